The fraction of sp³-hybridized carbons (Fsp3) is 0.600. The summed E-state index contributed by atoms with van der Waals surface area (Å²) in [7, 11) is 0. The maximum atomic E-state index is 3.45. The minimum atomic E-state index is 0.563. The lowest BCUT2D eigenvalue weighted by atomic mass is 9.70. The van der Waals surface area contributed by atoms with E-state index in [0.29, 0.717) is 5.41 Å². The van der Waals surface area contributed by atoms with Gasteiger partial charge in [0.1, 0.15) is 0 Å². The van der Waals surface area contributed by atoms with Crippen LogP contribution in [0.1, 0.15) is 51.5 Å². The largest absolute Gasteiger partial charge is 0.368 e. The molecule has 1 N–H and O–H groups in total. The third-order valence-corrected chi connectivity index (χ3v) is 5.91. The molecule has 0 bridgehead atoms. The molecule has 120 valence electrons. The average molecular weight is 298 g/mol. The van der Waals surface area contributed by atoms with Crippen LogP contribution in [0.2, 0.25) is 0 Å². The molecule has 3 rings (SSSR count). The van der Waals surface area contributed by atoms with E-state index in [4.69, 9.17) is 0 Å². The third-order valence-electron chi connectivity index (χ3n) is 5.91. The number of para-hydroxylation sites is 1. The maximum absolute atomic E-state index is 3.45. The maximum Gasteiger partial charge on any atom is 0.0443 e. The summed E-state index contributed by atoms with van der Waals surface area (Å²) in [5.41, 5.74) is 5.06. The normalized spacial score (nSPS) is 21.5. The van der Waals surface area contributed by atoms with Gasteiger partial charge in [-0.1, -0.05) is 51.0 Å². The third kappa shape index (κ3) is 3.08. The van der Waals surface area contributed by atoms with Crippen molar-refractivity contribution >= 4 is 11.3 Å². The van der Waals surface area contributed by atoms with E-state index in [1.165, 1.54) is 43.4 Å². The van der Waals surface area contributed by atoms with E-state index < -0.39 is 0 Å². The van der Waals surface area contributed by atoms with Crippen molar-refractivity contribution in [2.75, 3.05) is 31.1 Å². The second-order valence-corrected chi connectivity index (χ2v) is 6.89. The van der Waals surface area contributed by atoms with Gasteiger partial charge in [-0.3, -0.25) is 0 Å². The number of anilines is 1. The standard InChI is InChI=1S/C20H30N2/c1-3-20(4-2)11-9-17(10-12-20)18-7-5-6-8-19(18)22-15-13-21-14-16-22/h5-9,21H,3-4,10-16H2,1-2H3. The lowest BCUT2D eigenvalue weighted by Gasteiger charge is -2.36. The number of hydrogen-bond acceptors (Lipinski definition) is 2. The highest BCUT2D eigenvalue weighted by molar-refractivity contribution is 5.77. The SMILES string of the molecule is CCC1(CC)CC=C(c2ccccc2N2CCNCC2)CC1. The molecule has 1 aliphatic carbocycles. The Balaban J connectivity index is 1.85. The van der Waals surface area contributed by atoms with Gasteiger partial charge in [0.2, 0.25) is 0 Å². The van der Waals surface area contributed by atoms with E-state index >= 15 is 0 Å². The molecule has 1 saturated heterocycles. The van der Waals surface area contributed by atoms with Crippen molar-refractivity contribution < 1.29 is 0 Å². The zero-order valence-corrected chi connectivity index (χ0v) is 14.2. The van der Waals surface area contributed by atoms with Crippen molar-refractivity contribution in [2.24, 2.45) is 5.41 Å². The topological polar surface area (TPSA) is 15.3 Å². The Labute approximate surface area is 135 Å². The zero-order valence-electron chi connectivity index (χ0n) is 14.2. The van der Waals surface area contributed by atoms with Crippen molar-refractivity contribution in [3.8, 4) is 0 Å². The van der Waals surface area contributed by atoms with Crippen LogP contribution in [-0.2, 0) is 0 Å². The Hall–Kier alpha value is -1.28. The van der Waals surface area contributed by atoms with Crippen LogP contribution >= 0.6 is 0 Å². The van der Waals surface area contributed by atoms with Crippen molar-refractivity contribution in [1.82, 2.24) is 5.32 Å². The van der Waals surface area contributed by atoms with Gasteiger partial charge in [-0.25, -0.2) is 0 Å². The molecule has 0 aromatic heterocycles. The molecular formula is C20H30N2. The summed E-state index contributed by atoms with van der Waals surface area (Å²) < 4.78 is 0. The van der Waals surface area contributed by atoms with Crippen LogP contribution in [0.25, 0.3) is 5.57 Å². The molecule has 2 heteroatoms. The predicted molar refractivity (Wildman–Crippen MR) is 96.4 cm³/mol. The molecule has 0 saturated carbocycles. The Morgan fingerprint density at radius 2 is 1.82 bits per heavy atom. The summed E-state index contributed by atoms with van der Waals surface area (Å²) in [5.74, 6) is 0. The van der Waals surface area contributed by atoms with Gasteiger partial charge in [0.25, 0.3) is 0 Å². The smallest absolute Gasteiger partial charge is 0.0443 e. The lowest BCUT2D eigenvalue weighted by Crippen LogP contribution is -2.43. The van der Waals surface area contributed by atoms with Crippen LogP contribution in [0.3, 0.4) is 0 Å². The molecule has 0 atom stereocenters. The first-order valence-corrected chi connectivity index (χ1v) is 9.02. The van der Waals surface area contributed by atoms with E-state index in [0.717, 1.165) is 26.2 Å². The van der Waals surface area contributed by atoms with Crippen LogP contribution < -0.4 is 10.2 Å². The Kier molecular flexibility index (Phi) is 4.87. The molecule has 0 amide bonds. The first kappa shape index (κ1) is 15.6. The Morgan fingerprint density at radius 1 is 1.09 bits per heavy atom. The molecule has 1 aromatic carbocycles. The van der Waals surface area contributed by atoms with Crippen molar-refractivity contribution in [3.63, 3.8) is 0 Å². The van der Waals surface area contributed by atoms with Gasteiger partial charge in [0, 0.05) is 37.4 Å². The van der Waals surface area contributed by atoms with Crippen LogP contribution in [-0.4, -0.2) is 26.2 Å². The minimum absolute atomic E-state index is 0.563. The van der Waals surface area contributed by atoms with Gasteiger partial charge < -0.3 is 10.2 Å². The van der Waals surface area contributed by atoms with Gasteiger partial charge in [0.05, 0.1) is 0 Å². The molecule has 0 spiro atoms. The molecule has 0 unspecified atom stereocenters. The average Bonchev–Trinajstić information content (AvgIpc) is 2.62. The van der Waals surface area contributed by atoms with Crippen molar-refractivity contribution in [1.29, 1.82) is 0 Å². The molecule has 1 heterocycles. The van der Waals surface area contributed by atoms with Crippen LogP contribution in [0.5, 0.6) is 0 Å². The lowest BCUT2D eigenvalue weighted by molar-refractivity contribution is 0.238. The van der Waals surface area contributed by atoms with Crippen molar-refractivity contribution in [3.05, 3.63) is 35.9 Å². The second kappa shape index (κ2) is 6.87. The molecule has 1 aromatic rings. The minimum Gasteiger partial charge on any atom is -0.368 e. The molecule has 0 radical (unpaired) electrons. The monoisotopic (exact) mass is 298 g/mol. The van der Waals surface area contributed by atoms with Gasteiger partial charge in [0.15, 0.2) is 0 Å². The van der Waals surface area contributed by atoms with E-state index in [9.17, 15) is 0 Å². The quantitative estimate of drug-likeness (QED) is 0.882. The van der Waals surface area contributed by atoms with Gasteiger partial charge in [-0.05, 0) is 36.3 Å². The Morgan fingerprint density at radius 3 is 2.45 bits per heavy atom. The van der Waals surface area contributed by atoms with E-state index in [1.807, 2.05) is 0 Å². The summed E-state index contributed by atoms with van der Waals surface area (Å²) in [6.45, 7) is 9.16. The summed E-state index contributed by atoms with van der Waals surface area (Å²) >= 11 is 0. The van der Waals surface area contributed by atoms with E-state index in [-0.39, 0.29) is 0 Å². The highest BCUT2D eigenvalue weighted by Crippen LogP contribution is 2.44. The van der Waals surface area contributed by atoms with Crippen molar-refractivity contribution in [2.45, 2.75) is 46.0 Å². The molecule has 1 aliphatic heterocycles. The van der Waals surface area contributed by atoms with Gasteiger partial charge in [-0.15, -0.1) is 0 Å². The number of rotatable bonds is 4. The van der Waals surface area contributed by atoms with E-state index in [2.05, 4.69) is 54.4 Å². The summed E-state index contributed by atoms with van der Waals surface area (Å²) in [6, 6.07) is 9.02. The molecule has 2 aliphatic rings. The fourth-order valence-electron chi connectivity index (χ4n) is 4.01. The summed E-state index contributed by atoms with van der Waals surface area (Å²) in [4.78, 5) is 2.55. The Bertz CT molecular complexity index is 522. The predicted octanol–water partition coefficient (Wildman–Crippen LogP) is 4.47. The number of hydrogen-bond donors (Lipinski definition) is 1. The van der Waals surface area contributed by atoms with Crippen LogP contribution in [0.4, 0.5) is 5.69 Å². The number of piperazine rings is 1. The molecule has 1 fully saturated rings. The number of allylic oxidation sites excluding steroid dienone is 2. The van der Waals surface area contributed by atoms with Crippen LogP contribution in [0, 0.1) is 5.41 Å². The van der Waals surface area contributed by atoms with Gasteiger partial charge >= 0.3 is 0 Å². The van der Waals surface area contributed by atoms with E-state index in [1.54, 1.807) is 5.57 Å². The highest BCUT2D eigenvalue weighted by Gasteiger charge is 2.29. The summed E-state index contributed by atoms with van der Waals surface area (Å²) in [6.07, 6.45) is 9.01. The highest BCUT2D eigenvalue weighted by atomic mass is 15.2. The van der Waals surface area contributed by atoms with Crippen LogP contribution in [0.15, 0.2) is 30.3 Å². The number of nitrogens with zero attached hydrogens (tertiary/aromatic N) is 1. The second-order valence-electron chi connectivity index (χ2n) is 6.89. The first-order chi connectivity index (χ1) is 10.8. The number of benzene rings is 1. The number of nitrogens with one attached hydrogen (secondary N) is 1. The van der Waals surface area contributed by atoms with Gasteiger partial charge in [-0.2, -0.15) is 0 Å². The zero-order chi connectivity index (χ0) is 15.4. The summed E-state index contributed by atoms with van der Waals surface area (Å²) in [5, 5.41) is 3.45. The molecule has 2 nitrogen and oxygen atoms in total. The molecule has 22 heavy (non-hydrogen) atoms. The fourth-order valence-corrected chi connectivity index (χ4v) is 4.01. The molecular weight excluding hydrogens is 268 g/mol. The first-order valence-electron chi connectivity index (χ1n) is 9.02.